The molecule has 0 aromatic heterocycles. The van der Waals surface area contributed by atoms with Crippen LogP contribution < -0.4 is 0 Å². The van der Waals surface area contributed by atoms with Crippen LogP contribution in [0.3, 0.4) is 0 Å². The summed E-state index contributed by atoms with van der Waals surface area (Å²) in [5.74, 6) is 0. The maximum atomic E-state index is 8.55. The molecule has 0 spiro atoms. The van der Waals surface area contributed by atoms with E-state index in [1.54, 1.807) is 0 Å². The van der Waals surface area contributed by atoms with Crippen LogP contribution in [0.5, 0.6) is 0 Å². The molecule has 0 unspecified atom stereocenters. The second kappa shape index (κ2) is 12.2. The molecule has 0 amide bonds. The van der Waals surface area contributed by atoms with Gasteiger partial charge in [-0.1, -0.05) is 54.1 Å². The van der Waals surface area contributed by atoms with Crippen LogP contribution in [0.15, 0.2) is 11.1 Å². The Labute approximate surface area is 90.4 Å². The summed E-state index contributed by atoms with van der Waals surface area (Å²) in [5, 5.41) is 8.55. The highest BCUT2D eigenvalue weighted by Crippen LogP contribution is 2.08. The minimum Gasteiger partial charge on any atom is -0.396 e. The number of aliphatic hydroxyl groups excluding tert-OH is 1. The Morgan fingerprint density at radius 1 is 0.846 bits per heavy atom. The molecule has 0 rings (SSSR count). The van der Waals surface area contributed by atoms with Gasteiger partial charge >= 0.3 is 0 Å². The molecule has 0 aromatic rings. The molecule has 0 aliphatic heterocycles. The van der Waals surface area contributed by atoms with Gasteiger partial charge in [0.25, 0.3) is 0 Å². The molecule has 0 saturated carbocycles. The molecule has 0 aliphatic rings. The minimum absolute atomic E-state index is 0.357. The van der Waals surface area contributed by atoms with Crippen molar-refractivity contribution in [2.75, 3.05) is 6.61 Å². The standard InChI is InChI=1S/C11H21BrO/c12-10-8-6-4-2-1-3-5-7-9-11-13/h8,10,13H,1-7,9,11H2/b10-8-. The van der Waals surface area contributed by atoms with Crippen LogP contribution in [0, 0.1) is 0 Å². The topological polar surface area (TPSA) is 20.2 Å². The Morgan fingerprint density at radius 2 is 1.38 bits per heavy atom. The van der Waals surface area contributed by atoms with Gasteiger partial charge in [0, 0.05) is 6.61 Å². The second-order valence-electron chi connectivity index (χ2n) is 3.35. The minimum atomic E-state index is 0.357. The van der Waals surface area contributed by atoms with Crippen LogP contribution in [0.25, 0.3) is 0 Å². The lowest BCUT2D eigenvalue weighted by Crippen LogP contribution is -1.83. The molecule has 0 saturated heterocycles. The number of hydrogen-bond acceptors (Lipinski definition) is 1. The Balaban J connectivity index is 2.83. The predicted octanol–water partition coefficient (Wildman–Crippen LogP) is 4.01. The van der Waals surface area contributed by atoms with E-state index < -0.39 is 0 Å². The smallest absolute Gasteiger partial charge is 0.0431 e. The van der Waals surface area contributed by atoms with Gasteiger partial charge in [-0.25, -0.2) is 0 Å². The highest BCUT2D eigenvalue weighted by molar-refractivity contribution is 9.11. The van der Waals surface area contributed by atoms with E-state index in [1.807, 2.05) is 4.99 Å². The van der Waals surface area contributed by atoms with Crippen LogP contribution >= 0.6 is 15.9 Å². The van der Waals surface area contributed by atoms with Crippen molar-refractivity contribution in [1.29, 1.82) is 0 Å². The van der Waals surface area contributed by atoms with Crippen molar-refractivity contribution < 1.29 is 5.11 Å². The van der Waals surface area contributed by atoms with Gasteiger partial charge in [0.05, 0.1) is 0 Å². The first-order valence-electron chi connectivity index (χ1n) is 5.28. The van der Waals surface area contributed by atoms with Gasteiger partial charge in [-0.3, -0.25) is 0 Å². The van der Waals surface area contributed by atoms with Crippen LogP contribution in [0.1, 0.15) is 51.4 Å². The van der Waals surface area contributed by atoms with Gasteiger partial charge in [0.2, 0.25) is 0 Å². The van der Waals surface area contributed by atoms with E-state index >= 15 is 0 Å². The number of halogens is 1. The third-order valence-corrected chi connectivity index (χ3v) is 2.49. The highest BCUT2D eigenvalue weighted by atomic mass is 79.9. The SMILES string of the molecule is OCCCCCCCCC/C=C\Br. The van der Waals surface area contributed by atoms with Gasteiger partial charge in [-0.15, -0.1) is 0 Å². The zero-order valence-electron chi connectivity index (χ0n) is 8.34. The number of hydrogen-bond donors (Lipinski definition) is 1. The molecule has 0 aliphatic carbocycles. The summed E-state index contributed by atoms with van der Waals surface area (Å²) < 4.78 is 0. The van der Waals surface area contributed by atoms with Crippen LogP contribution in [-0.4, -0.2) is 11.7 Å². The van der Waals surface area contributed by atoms with Crippen molar-refractivity contribution in [3.8, 4) is 0 Å². The summed E-state index contributed by atoms with van der Waals surface area (Å²) >= 11 is 3.26. The first-order chi connectivity index (χ1) is 6.41. The van der Waals surface area contributed by atoms with Gasteiger partial charge in [-0.05, 0) is 24.2 Å². The molecule has 0 heterocycles. The molecule has 0 radical (unpaired) electrons. The van der Waals surface area contributed by atoms with E-state index in [1.165, 1.54) is 44.9 Å². The largest absolute Gasteiger partial charge is 0.396 e. The monoisotopic (exact) mass is 248 g/mol. The lowest BCUT2D eigenvalue weighted by atomic mass is 10.1. The Morgan fingerprint density at radius 3 is 1.92 bits per heavy atom. The van der Waals surface area contributed by atoms with Crippen molar-refractivity contribution in [3.05, 3.63) is 11.1 Å². The lowest BCUT2D eigenvalue weighted by molar-refractivity contribution is 0.282. The summed E-state index contributed by atoms with van der Waals surface area (Å²) in [7, 11) is 0. The van der Waals surface area contributed by atoms with E-state index in [0.29, 0.717) is 6.61 Å². The summed E-state index contributed by atoms with van der Waals surface area (Å²) in [6.07, 6.45) is 12.1. The molecular formula is C11H21BrO. The molecule has 2 heteroatoms. The first kappa shape index (κ1) is 13.2. The normalized spacial score (nSPS) is 11.2. The van der Waals surface area contributed by atoms with Crippen molar-refractivity contribution >= 4 is 15.9 Å². The summed E-state index contributed by atoms with van der Waals surface area (Å²) in [4.78, 5) is 1.94. The molecule has 13 heavy (non-hydrogen) atoms. The number of unbranched alkanes of at least 4 members (excludes halogenated alkanes) is 7. The second-order valence-corrected chi connectivity index (χ2v) is 3.88. The van der Waals surface area contributed by atoms with E-state index in [0.717, 1.165) is 6.42 Å². The fraction of sp³-hybridized carbons (Fsp3) is 0.818. The quantitative estimate of drug-likeness (QED) is 0.612. The van der Waals surface area contributed by atoms with Crippen molar-refractivity contribution in [1.82, 2.24) is 0 Å². The van der Waals surface area contributed by atoms with Gasteiger partial charge in [-0.2, -0.15) is 0 Å². The van der Waals surface area contributed by atoms with Crippen molar-refractivity contribution in [2.24, 2.45) is 0 Å². The van der Waals surface area contributed by atoms with Crippen LogP contribution in [0.4, 0.5) is 0 Å². The van der Waals surface area contributed by atoms with Crippen molar-refractivity contribution in [3.63, 3.8) is 0 Å². The maximum absolute atomic E-state index is 8.55. The van der Waals surface area contributed by atoms with E-state index in [-0.39, 0.29) is 0 Å². The fourth-order valence-corrected chi connectivity index (χ4v) is 1.59. The average molecular weight is 249 g/mol. The van der Waals surface area contributed by atoms with Crippen molar-refractivity contribution in [2.45, 2.75) is 51.4 Å². The molecule has 0 atom stereocenters. The summed E-state index contributed by atoms with van der Waals surface area (Å²) in [6, 6.07) is 0. The lowest BCUT2D eigenvalue weighted by Gasteiger charge is -1.99. The van der Waals surface area contributed by atoms with Gasteiger partial charge in [0.15, 0.2) is 0 Å². The Kier molecular flexibility index (Phi) is 12.3. The maximum Gasteiger partial charge on any atom is 0.0431 e. The Hall–Kier alpha value is 0.180. The first-order valence-corrected chi connectivity index (χ1v) is 6.19. The summed E-state index contributed by atoms with van der Waals surface area (Å²) in [5.41, 5.74) is 0. The number of allylic oxidation sites excluding steroid dienone is 1. The number of rotatable bonds is 9. The molecule has 1 N–H and O–H groups in total. The molecular weight excluding hydrogens is 228 g/mol. The van der Waals surface area contributed by atoms with Gasteiger partial charge < -0.3 is 5.11 Å². The predicted molar refractivity (Wildman–Crippen MR) is 62.1 cm³/mol. The third kappa shape index (κ3) is 12.2. The van der Waals surface area contributed by atoms with E-state index in [2.05, 4.69) is 22.0 Å². The number of aliphatic hydroxyl groups is 1. The van der Waals surface area contributed by atoms with Gasteiger partial charge in [0.1, 0.15) is 0 Å². The molecule has 0 aromatic carbocycles. The average Bonchev–Trinajstić information content (AvgIpc) is 2.16. The van der Waals surface area contributed by atoms with E-state index in [9.17, 15) is 0 Å². The summed E-state index contributed by atoms with van der Waals surface area (Å²) in [6.45, 7) is 0.357. The van der Waals surface area contributed by atoms with Crippen LogP contribution in [-0.2, 0) is 0 Å². The molecule has 0 bridgehead atoms. The third-order valence-electron chi connectivity index (χ3n) is 2.12. The van der Waals surface area contributed by atoms with Crippen LogP contribution in [0.2, 0.25) is 0 Å². The Bertz CT molecular complexity index is 113. The molecule has 1 nitrogen and oxygen atoms in total. The molecule has 78 valence electrons. The molecule has 0 fully saturated rings. The highest BCUT2D eigenvalue weighted by Gasteiger charge is 1.90. The fourth-order valence-electron chi connectivity index (χ4n) is 1.32. The van der Waals surface area contributed by atoms with E-state index in [4.69, 9.17) is 5.11 Å². The zero-order chi connectivity index (χ0) is 9.78. The zero-order valence-corrected chi connectivity index (χ0v) is 9.93.